The summed E-state index contributed by atoms with van der Waals surface area (Å²) in [4.78, 5) is 0.313. The molecule has 0 N–H and O–H groups in total. The maximum Gasteiger partial charge on any atom is 0.180 e. The summed E-state index contributed by atoms with van der Waals surface area (Å²) >= 11 is 0. The molecule has 0 aromatic carbocycles. The molecule has 0 rings (SSSR count). The van der Waals surface area contributed by atoms with Gasteiger partial charge in [0.25, 0.3) is 0 Å². The predicted octanol–water partition coefficient (Wildman–Crippen LogP) is 1.90. The minimum Gasteiger partial charge on any atom is -0.223 e. The van der Waals surface area contributed by atoms with Crippen LogP contribution in [0.3, 0.4) is 0 Å². The van der Waals surface area contributed by atoms with Crippen molar-refractivity contribution in [2.75, 3.05) is 0 Å². The molecule has 11 heavy (non-hydrogen) atoms. The fourth-order valence-corrected chi connectivity index (χ4v) is 1.78. The summed E-state index contributed by atoms with van der Waals surface area (Å²) in [7, 11) is -3.10. The van der Waals surface area contributed by atoms with E-state index in [-0.39, 0.29) is 5.25 Å². The van der Waals surface area contributed by atoms with Gasteiger partial charge in [0.1, 0.15) is 0 Å². The highest BCUT2D eigenvalue weighted by Gasteiger charge is 2.18. The zero-order valence-corrected chi connectivity index (χ0v) is 7.98. The lowest BCUT2D eigenvalue weighted by Gasteiger charge is -2.06. The van der Waals surface area contributed by atoms with Gasteiger partial charge < -0.3 is 0 Å². The molecule has 0 saturated carbocycles. The van der Waals surface area contributed by atoms with Crippen LogP contribution in [-0.2, 0) is 9.84 Å². The van der Waals surface area contributed by atoms with Crippen molar-refractivity contribution in [3.63, 3.8) is 0 Å². The van der Waals surface area contributed by atoms with Crippen LogP contribution < -0.4 is 0 Å². The molecule has 0 unspecified atom stereocenters. The molecular weight excluding hydrogens is 160 g/mol. The Kier molecular flexibility index (Phi) is 3.52. The van der Waals surface area contributed by atoms with Crippen LogP contribution in [0.4, 0.5) is 0 Å². The standard InChI is InChI=1S/C8H14O2S/c1-5-8(6-2)11(9,10)7(3)4/h5-7H,1H2,2-4H3/b8-6+. The van der Waals surface area contributed by atoms with Crippen molar-refractivity contribution in [3.05, 3.63) is 23.6 Å². The number of hydrogen-bond donors (Lipinski definition) is 0. The topological polar surface area (TPSA) is 34.1 Å². The van der Waals surface area contributed by atoms with Gasteiger partial charge in [-0.2, -0.15) is 0 Å². The van der Waals surface area contributed by atoms with Crippen LogP contribution in [0.15, 0.2) is 23.6 Å². The van der Waals surface area contributed by atoms with Gasteiger partial charge in [0.2, 0.25) is 0 Å². The fourth-order valence-electron chi connectivity index (χ4n) is 0.670. The van der Waals surface area contributed by atoms with Gasteiger partial charge >= 0.3 is 0 Å². The highest BCUT2D eigenvalue weighted by atomic mass is 32.2. The summed E-state index contributed by atoms with van der Waals surface area (Å²) in [5, 5.41) is -0.369. The summed E-state index contributed by atoms with van der Waals surface area (Å²) in [5.41, 5.74) is 0. The number of allylic oxidation sites excluding steroid dienone is 2. The molecule has 0 bridgehead atoms. The van der Waals surface area contributed by atoms with Crippen molar-refractivity contribution in [3.8, 4) is 0 Å². The zero-order valence-electron chi connectivity index (χ0n) is 7.16. The fraction of sp³-hybridized carbons (Fsp3) is 0.500. The van der Waals surface area contributed by atoms with E-state index in [4.69, 9.17) is 0 Å². The maximum atomic E-state index is 11.4. The van der Waals surface area contributed by atoms with Crippen molar-refractivity contribution in [1.29, 1.82) is 0 Å². The highest BCUT2D eigenvalue weighted by molar-refractivity contribution is 7.96. The molecule has 0 aliphatic heterocycles. The van der Waals surface area contributed by atoms with E-state index in [0.717, 1.165) is 0 Å². The Morgan fingerprint density at radius 3 is 2.00 bits per heavy atom. The van der Waals surface area contributed by atoms with E-state index in [9.17, 15) is 8.42 Å². The van der Waals surface area contributed by atoms with Crippen molar-refractivity contribution in [1.82, 2.24) is 0 Å². The number of rotatable bonds is 3. The van der Waals surface area contributed by atoms with Gasteiger partial charge in [-0.1, -0.05) is 18.7 Å². The first-order valence-corrected chi connectivity index (χ1v) is 5.04. The Bertz CT molecular complexity index is 258. The SMILES string of the molecule is C=C/C(=C\C)S(=O)(=O)C(C)C. The Labute approximate surface area is 68.5 Å². The average Bonchev–Trinajstić information content (AvgIpc) is 1.89. The second-order valence-electron chi connectivity index (χ2n) is 2.49. The molecule has 2 nitrogen and oxygen atoms in total. The van der Waals surface area contributed by atoms with E-state index in [1.165, 1.54) is 6.08 Å². The molecule has 0 fully saturated rings. The van der Waals surface area contributed by atoms with Gasteiger partial charge in [-0.3, -0.25) is 0 Å². The van der Waals surface area contributed by atoms with E-state index in [1.807, 2.05) is 0 Å². The van der Waals surface area contributed by atoms with Crippen LogP contribution >= 0.6 is 0 Å². The largest absolute Gasteiger partial charge is 0.223 e. The second-order valence-corrected chi connectivity index (χ2v) is 4.99. The van der Waals surface area contributed by atoms with E-state index in [2.05, 4.69) is 6.58 Å². The smallest absolute Gasteiger partial charge is 0.180 e. The summed E-state index contributed by atoms with van der Waals surface area (Å²) in [6, 6.07) is 0. The van der Waals surface area contributed by atoms with Crippen LogP contribution in [0.5, 0.6) is 0 Å². The third-order valence-electron chi connectivity index (χ3n) is 1.43. The molecule has 0 spiro atoms. The maximum absolute atomic E-state index is 11.4. The lowest BCUT2D eigenvalue weighted by Crippen LogP contribution is -2.14. The van der Waals surface area contributed by atoms with Crippen LogP contribution in [0, 0.1) is 0 Å². The monoisotopic (exact) mass is 174 g/mol. The molecule has 0 heterocycles. The Balaban J connectivity index is 5.00. The van der Waals surface area contributed by atoms with E-state index in [0.29, 0.717) is 4.91 Å². The van der Waals surface area contributed by atoms with E-state index >= 15 is 0 Å². The zero-order chi connectivity index (χ0) is 9.07. The normalized spacial score (nSPS) is 13.6. The second kappa shape index (κ2) is 3.72. The van der Waals surface area contributed by atoms with Crippen LogP contribution in [-0.4, -0.2) is 13.7 Å². The molecular formula is C8H14O2S. The molecule has 64 valence electrons. The summed E-state index contributed by atoms with van der Waals surface area (Å²) < 4.78 is 22.7. The van der Waals surface area contributed by atoms with Gasteiger partial charge in [-0.05, 0) is 20.8 Å². The molecule has 0 amide bonds. The highest BCUT2D eigenvalue weighted by Crippen LogP contribution is 2.13. The minimum atomic E-state index is -3.10. The number of sulfone groups is 1. The third-order valence-corrected chi connectivity index (χ3v) is 3.74. The summed E-state index contributed by atoms with van der Waals surface area (Å²) in [6.45, 7) is 8.43. The van der Waals surface area contributed by atoms with Crippen molar-refractivity contribution in [2.24, 2.45) is 0 Å². The van der Waals surface area contributed by atoms with Crippen molar-refractivity contribution < 1.29 is 8.42 Å². The van der Waals surface area contributed by atoms with E-state index in [1.54, 1.807) is 26.8 Å². The summed E-state index contributed by atoms with van der Waals surface area (Å²) in [6.07, 6.45) is 2.93. The van der Waals surface area contributed by atoms with Gasteiger partial charge in [-0.15, -0.1) is 0 Å². The van der Waals surface area contributed by atoms with Crippen molar-refractivity contribution in [2.45, 2.75) is 26.0 Å². The first kappa shape index (κ1) is 10.4. The molecule has 0 aliphatic rings. The van der Waals surface area contributed by atoms with Gasteiger partial charge in [0.05, 0.1) is 10.2 Å². The Morgan fingerprint density at radius 1 is 1.45 bits per heavy atom. The van der Waals surface area contributed by atoms with Crippen LogP contribution in [0.25, 0.3) is 0 Å². The third kappa shape index (κ3) is 2.19. The molecule has 0 saturated heterocycles. The molecule has 0 aliphatic carbocycles. The van der Waals surface area contributed by atoms with Gasteiger partial charge in [0, 0.05) is 0 Å². The lowest BCUT2D eigenvalue weighted by atomic mass is 10.5. The minimum absolute atomic E-state index is 0.313. The molecule has 0 atom stereocenters. The van der Waals surface area contributed by atoms with E-state index < -0.39 is 9.84 Å². The Morgan fingerprint density at radius 2 is 1.91 bits per heavy atom. The predicted molar refractivity (Wildman–Crippen MR) is 48.0 cm³/mol. The first-order valence-electron chi connectivity index (χ1n) is 3.49. The Hall–Kier alpha value is -0.570. The molecule has 3 heteroatoms. The molecule has 0 aromatic rings. The van der Waals surface area contributed by atoms with Gasteiger partial charge in [0.15, 0.2) is 9.84 Å². The number of hydrogen-bond acceptors (Lipinski definition) is 2. The quantitative estimate of drug-likeness (QED) is 0.612. The van der Waals surface area contributed by atoms with Gasteiger partial charge in [-0.25, -0.2) is 8.42 Å². The molecule has 0 aromatic heterocycles. The average molecular weight is 174 g/mol. The van der Waals surface area contributed by atoms with Crippen molar-refractivity contribution >= 4 is 9.84 Å². The first-order chi connectivity index (χ1) is 4.96. The van der Waals surface area contributed by atoms with Crippen LogP contribution in [0.1, 0.15) is 20.8 Å². The van der Waals surface area contributed by atoms with Crippen LogP contribution in [0.2, 0.25) is 0 Å². The molecule has 0 radical (unpaired) electrons. The lowest BCUT2D eigenvalue weighted by molar-refractivity contribution is 0.594. The summed E-state index contributed by atoms with van der Waals surface area (Å²) in [5.74, 6) is 0.